The van der Waals surface area contributed by atoms with Gasteiger partial charge in [0.1, 0.15) is 0 Å². The Labute approximate surface area is 104 Å². The Balaban J connectivity index is 3.47. The molecule has 1 heteroatoms. The lowest BCUT2D eigenvalue weighted by Crippen LogP contribution is -2.03. The molecule has 1 nitrogen and oxygen atoms in total. The molecule has 0 spiro atoms. The van der Waals surface area contributed by atoms with Crippen LogP contribution in [0, 0.1) is 13.8 Å². The average molecular weight is 227 g/mol. The van der Waals surface area contributed by atoms with Crippen molar-refractivity contribution in [3.63, 3.8) is 0 Å². The maximum atomic E-state index is 5.77. The van der Waals surface area contributed by atoms with E-state index in [2.05, 4.69) is 59.1 Å². The van der Waals surface area contributed by atoms with Crippen molar-refractivity contribution in [3.8, 4) is 0 Å². The van der Waals surface area contributed by atoms with Crippen LogP contribution in [-0.2, 0) is 0 Å². The fourth-order valence-electron chi connectivity index (χ4n) is 1.92. The Morgan fingerprint density at radius 3 is 2.18 bits per heavy atom. The fourth-order valence-corrected chi connectivity index (χ4v) is 1.92. The summed E-state index contributed by atoms with van der Waals surface area (Å²) >= 11 is 0. The van der Waals surface area contributed by atoms with Gasteiger partial charge >= 0.3 is 0 Å². The first-order valence-electron chi connectivity index (χ1n) is 5.74. The van der Waals surface area contributed by atoms with Crippen LogP contribution in [0.4, 0.5) is 0 Å². The quantitative estimate of drug-likeness (QED) is 0.772. The molecule has 1 aromatic carbocycles. The molecule has 0 radical (unpaired) electrons. The minimum absolute atomic E-state index is 0.530. The third-order valence-corrected chi connectivity index (χ3v) is 3.06. The fraction of sp³-hybridized carbons (Fsp3) is 0.250. The number of rotatable bonds is 3. The topological polar surface area (TPSA) is 26.0 Å². The number of hydrogen-bond acceptors (Lipinski definition) is 1. The van der Waals surface area contributed by atoms with Gasteiger partial charge in [0.05, 0.1) is 0 Å². The first-order valence-corrected chi connectivity index (χ1v) is 5.74. The van der Waals surface area contributed by atoms with Crippen LogP contribution in [0.5, 0.6) is 0 Å². The summed E-state index contributed by atoms with van der Waals surface area (Å²) in [5, 5.41) is 0. The summed E-state index contributed by atoms with van der Waals surface area (Å²) in [7, 11) is 0. The lowest BCUT2D eigenvalue weighted by molar-refractivity contribution is 1.27. The Morgan fingerprint density at radius 1 is 1.12 bits per heavy atom. The van der Waals surface area contributed by atoms with Crippen molar-refractivity contribution in [2.45, 2.75) is 27.7 Å². The van der Waals surface area contributed by atoms with Gasteiger partial charge in [-0.1, -0.05) is 36.9 Å². The maximum absolute atomic E-state index is 5.77. The van der Waals surface area contributed by atoms with Gasteiger partial charge in [0.25, 0.3) is 0 Å². The summed E-state index contributed by atoms with van der Waals surface area (Å²) < 4.78 is 0. The Kier molecular flexibility index (Phi) is 3.95. The van der Waals surface area contributed by atoms with Crippen molar-refractivity contribution in [2.24, 2.45) is 5.73 Å². The Hall–Kier alpha value is -1.76. The number of benzene rings is 1. The molecule has 1 aromatic rings. The van der Waals surface area contributed by atoms with E-state index in [1.165, 1.54) is 22.3 Å². The highest BCUT2D eigenvalue weighted by Crippen LogP contribution is 2.31. The second-order valence-electron chi connectivity index (χ2n) is 4.63. The maximum Gasteiger partial charge on any atom is 0.0314 e. The Bertz CT molecular complexity index is 500. The van der Waals surface area contributed by atoms with Gasteiger partial charge in [-0.3, -0.25) is 0 Å². The number of aryl methyl sites for hydroxylation is 1. The smallest absolute Gasteiger partial charge is 0.0314 e. The first-order chi connectivity index (χ1) is 7.86. The third kappa shape index (κ3) is 2.68. The summed E-state index contributed by atoms with van der Waals surface area (Å²) in [6.45, 7) is 16.2. The molecule has 0 aromatic heterocycles. The highest BCUT2D eigenvalue weighted by atomic mass is 14.6. The van der Waals surface area contributed by atoms with E-state index in [0.717, 1.165) is 11.1 Å². The van der Waals surface area contributed by atoms with E-state index >= 15 is 0 Å². The molecule has 0 heterocycles. The predicted molar refractivity (Wildman–Crippen MR) is 76.7 cm³/mol. The van der Waals surface area contributed by atoms with Crippen LogP contribution in [0.3, 0.4) is 0 Å². The zero-order chi connectivity index (χ0) is 13.2. The van der Waals surface area contributed by atoms with Crippen LogP contribution >= 0.6 is 0 Å². The van der Waals surface area contributed by atoms with Gasteiger partial charge in [-0.2, -0.15) is 0 Å². The van der Waals surface area contributed by atoms with Gasteiger partial charge in [0, 0.05) is 5.70 Å². The molecule has 0 saturated heterocycles. The highest BCUT2D eigenvalue weighted by molar-refractivity contribution is 5.85. The van der Waals surface area contributed by atoms with Gasteiger partial charge in [0.2, 0.25) is 0 Å². The van der Waals surface area contributed by atoms with Crippen molar-refractivity contribution in [2.75, 3.05) is 0 Å². The predicted octanol–water partition coefficient (Wildman–Crippen LogP) is 4.13. The van der Waals surface area contributed by atoms with Gasteiger partial charge in [-0.25, -0.2) is 0 Å². The molecule has 2 N–H and O–H groups in total. The summed E-state index contributed by atoms with van der Waals surface area (Å²) in [6.07, 6.45) is 0. The van der Waals surface area contributed by atoms with E-state index in [1.807, 2.05) is 0 Å². The van der Waals surface area contributed by atoms with Gasteiger partial charge < -0.3 is 5.73 Å². The van der Waals surface area contributed by atoms with E-state index in [-0.39, 0.29) is 0 Å². The molecule has 17 heavy (non-hydrogen) atoms. The summed E-state index contributed by atoms with van der Waals surface area (Å²) in [5.41, 5.74) is 13.2. The minimum Gasteiger partial charge on any atom is -0.399 e. The number of hydrogen-bond donors (Lipinski definition) is 1. The largest absolute Gasteiger partial charge is 0.399 e. The molecular formula is C16H21N. The molecule has 0 amide bonds. The molecule has 0 aliphatic carbocycles. The second-order valence-corrected chi connectivity index (χ2v) is 4.63. The monoisotopic (exact) mass is 227 g/mol. The van der Waals surface area contributed by atoms with Crippen LogP contribution < -0.4 is 5.73 Å². The van der Waals surface area contributed by atoms with Crippen LogP contribution in [0.1, 0.15) is 30.5 Å². The van der Waals surface area contributed by atoms with Gasteiger partial charge in [0.15, 0.2) is 0 Å². The summed E-state index contributed by atoms with van der Waals surface area (Å²) in [6, 6.07) is 6.29. The van der Waals surface area contributed by atoms with Crippen molar-refractivity contribution < 1.29 is 0 Å². The molecule has 0 bridgehead atoms. The minimum atomic E-state index is 0.530. The van der Waals surface area contributed by atoms with Gasteiger partial charge in [-0.15, -0.1) is 0 Å². The molecule has 1 rings (SSSR count). The molecule has 0 aliphatic rings. The standard InChI is InChI=1S/C16H21N/c1-10(2)16(13(5)14(6)17)15-9-7-8-11(3)12(15)4/h7-9H,5-6,17H2,1-4H3. The SMILES string of the molecule is C=C(N)C(=C)C(=C(C)C)c1cccc(C)c1C. The zero-order valence-corrected chi connectivity index (χ0v) is 11.2. The molecule has 0 fully saturated rings. The lowest BCUT2D eigenvalue weighted by Gasteiger charge is -2.17. The molecule has 0 atom stereocenters. The highest BCUT2D eigenvalue weighted by Gasteiger charge is 2.12. The van der Waals surface area contributed by atoms with E-state index in [1.54, 1.807) is 0 Å². The van der Waals surface area contributed by atoms with Crippen LogP contribution in [0.25, 0.3) is 5.57 Å². The molecule has 0 saturated carbocycles. The first kappa shape index (κ1) is 13.3. The van der Waals surface area contributed by atoms with E-state index in [9.17, 15) is 0 Å². The van der Waals surface area contributed by atoms with Crippen LogP contribution in [-0.4, -0.2) is 0 Å². The average Bonchev–Trinajstić information content (AvgIpc) is 2.23. The summed E-state index contributed by atoms with van der Waals surface area (Å²) in [5.74, 6) is 0. The van der Waals surface area contributed by atoms with Crippen molar-refractivity contribution in [3.05, 3.63) is 64.9 Å². The molecule has 0 unspecified atom stereocenters. The van der Waals surface area contributed by atoms with E-state index < -0.39 is 0 Å². The van der Waals surface area contributed by atoms with E-state index in [4.69, 9.17) is 5.73 Å². The Morgan fingerprint density at radius 2 is 1.71 bits per heavy atom. The lowest BCUT2D eigenvalue weighted by atomic mass is 9.89. The van der Waals surface area contributed by atoms with Gasteiger partial charge in [-0.05, 0) is 55.5 Å². The third-order valence-electron chi connectivity index (χ3n) is 3.06. The van der Waals surface area contributed by atoms with Crippen molar-refractivity contribution >= 4 is 5.57 Å². The van der Waals surface area contributed by atoms with Crippen LogP contribution in [0.2, 0.25) is 0 Å². The molecule has 90 valence electrons. The zero-order valence-electron chi connectivity index (χ0n) is 11.2. The number of allylic oxidation sites excluding steroid dienone is 2. The molecular weight excluding hydrogens is 206 g/mol. The molecule has 0 aliphatic heterocycles. The number of nitrogens with two attached hydrogens (primary N) is 1. The second kappa shape index (κ2) is 5.05. The normalized spacial score (nSPS) is 9.88. The van der Waals surface area contributed by atoms with E-state index in [0.29, 0.717) is 5.70 Å². The summed E-state index contributed by atoms with van der Waals surface area (Å²) in [4.78, 5) is 0. The van der Waals surface area contributed by atoms with Crippen molar-refractivity contribution in [1.82, 2.24) is 0 Å². The van der Waals surface area contributed by atoms with Crippen LogP contribution in [0.15, 0.2) is 48.2 Å². The van der Waals surface area contributed by atoms with Crippen molar-refractivity contribution in [1.29, 1.82) is 0 Å².